The Labute approximate surface area is 174 Å². The lowest BCUT2D eigenvalue weighted by atomic mass is 10.0. The molecule has 1 amide bonds. The third-order valence-corrected chi connectivity index (χ3v) is 5.44. The van der Waals surface area contributed by atoms with Crippen LogP contribution in [0, 0.1) is 0 Å². The van der Waals surface area contributed by atoms with Crippen molar-refractivity contribution in [3.05, 3.63) is 60.2 Å². The van der Waals surface area contributed by atoms with Crippen LogP contribution in [0.2, 0.25) is 0 Å². The van der Waals surface area contributed by atoms with Crippen molar-refractivity contribution in [3.63, 3.8) is 0 Å². The van der Waals surface area contributed by atoms with Gasteiger partial charge in [0.2, 0.25) is 5.91 Å². The number of anilines is 2. The molecule has 3 rings (SSSR count). The van der Waals surface area contributed by atoms with Gasteiger partial charge in [0.15, 0.2) is 0 Å². The van der Waals surface area contributed by atoms with E-state index in [1.54, 1.807) is 7.11 Å². The summed E-state index contributed by atoms with van der Waals surface area (Å²) < 4.78 is 4.95. The number of hydrogen-bond donors (Lipinski definition) is 1. The van der Waals surface area contributed by atoms with Crippen LogP contribution < -0.4 is 15.1 Å². The van der Waals surface area contributed by atoms with Crippen LogP contribution in [-0.4, -0.2) is 71.3 Å². The first-order chi connectivity index (χ1) is 14.1. The van der Waals surface area contributed by atoms with Crippen LogP contribution in [0.5, 0.6) is 0 Å². The third kappa shape index (κ3) is 5.71. The average Bonchev–Trinajstić information content (AvgIpc) is 2.75. The molecule has 0 radical (unpaired) electrons. The highest BCUT2D eigenvalue weighted by molar-refractivity contribution is 5.77. The quantitative estimate of drug-likeness (QED) is 0.742. The van der Waals surface area contributed by atoms with Gasteiger partial charge < -0.3 is 19.9 Å². The van der Waals surface area contributed by atoms with Crippen LogP contribution in [-0.2, 0) is 9.53 Å². The van der Waals surface area contributed by atoms with E-state index in [0.29, 0.717) is 6.54 Å². The second-order valence-corrected chi connectivity index (χ2v) is 7.60. The van der Waals surface area contributed by atoms with Gasteiger partial charge >= 0.3 is 0 Å². The number of rotatable bonds is 8. The molecule has 1 fully saturated rings. The Morgan fingerprint density at radius 3 is 2.28 bits per heavy atom. The normalized spacial score (nSPS) is 15.8. The van der Waals surface area contributed by atoms with Gasteiger partial charge in [-0.25, -0.2) is 0 Å². The van der Waals surface area contributed by atoms with Crippen molar-refractivity contribution >= 4 is 17.3 Å². The SMILES string of the molecule is COCC(=O)NC[C@@H](c1ccc(N(C)C)cc1)N1CCN(c2ccccc2)CC1. The van der Waals surface area contributed by atoms with Crippen molar-refractivity contribution in [2.45, 2.75) is 6.04 Å². The molecule has 1 N–H and O–H groups in total. The monoisotopic (exact) mass is 396 g/mol. The van der Waals surface area contributed by atoms with Gasteiger partial charge in [0.25, 0.3) is 0 Å². The zero-order valence-corrected chi connectivity index (χ0v) is 17.7. The zero-order chi connectivity index (χ0) is 20.6. The largest absolute Gasteiger partial charge is 0.378 e. The Hall–Kier alpha value is -2.57. The molecule has 1 atom stereocenters. The highest BCUT2D eigenvalue weighted by atomic mass is 16.5. The average molecular weight is 397 g/mol. The molecule has 0 aliphatic carbocycles. The minimum Gasteiger partial charge on any atom is -0.378 e. The first-order valence-corrected chi connectivity index (χ1v) is 10.2. The van der Waals surface area contributed by atoms with Crippen molar-refractivity contribution in [1.29, 1.82) is 0 Å². The predicted molar refractivity (Wildman–Crippen MR) is 119 cm³/mol. The van der Waals surface area contributed by atoms with Gasteiger partial charge in [-0.05, 0) is 29.8 Å². The third-order valence-electron chi connectivity index (χ3n) is 5.44. The van der Waals surface area contributed by atoms with Gasteiger partial charge in [0.1, 0.15) is 6.61 Å². The molecule has 1 saturated heterocycles. The lowest BCUT2D eigenvalue weighted by Crippen LogP contribution is -2.50. The van der Waals surface area contributed by atoms with E-state index < -0.39 is 0 Å². The number of benzene rings is 2. The fourth-order valence-corrected chi connectivity index (χ4v) is 3.78. The number of carbonyl (C=O) groups excluding carboxylic acids is 1. The summed E-state index contributed by atoms with van der Waals surface area (Å²) in [6.45, 7) is 4.53. The first-order valence-electron chi connectivity index (χ1n) is 10.2. The summed E-state index contributed by atoms with van der Waals surface area (Å²) >= 11 is 0. The number of carbonyl (C=O) groups is 1. The van der Waals surface area contributed by atoms with Crippen molar-refractivity contribution in [1.82, 2.24) is 10.2 Å². The van der Waals surface area contributed by atoms with Gasteiger partial charge in [0, 0.05) is 65.3 Å². The Balaban J connectivity index is 1.70. The van der Waals surface area contributed by atoms with Crippen LogP contribution >= 0.6 is 0 Å². The second kappa shape index (κ2) is 10.3. The molecule has 0 unspecified atom stereocenters. The molecule has 0 saturated carbocycles. The maximum absolute atomic E-state index is 12.0. The van der Waals surface area contributed by atoms with Crippen LogP contribution in [0.3, 0.4) is 0 Å². The molecule has 2 aromatic carbocycles. The van der Waals surface area contributed by atoms with E-state index in [0.717, 1.165) is 26.2 Å². The summed E-state index contributed by atoms with van der Waals surface area (Å²) in [5, 5.41) is 3.03. The zero-order valence-electron chi connectivity index (χ0n) is 17.7. The summed E-state index contributed by atoms with van der Waals surface area (Å²) in [6.07, 6.45) is 0. The predicted octanol–water partition coefficient (Wildman–Crippen LogP) is 2.38. The van der Waals surface area contributed by atoms with Crippen molar-refractivity contribution in [2.24, 2.45) is 0 Å². The molecule has 156 valence electrons. The number of piperazine rings is 1. The molecule has 29 heavy (non-hydrogen) atoms. The summed E-state index contributed by atoms with van der Waals surface area (Å²) in [6, 6.07) is 19.3. The van der Waals surface area contributed by atoms with Crippen LogP contribution in [0.25, 0.3) is 0 Å². The van der Waals surface area contributed by atoms with Crippen LogP contribution in [0.4, 0.5) is 11.4 Å². The molecule has 0 bridgehead atoms. The Morgan fingerprint density at radius 1 is 1.03 bits per heavy atom. The minimum atomic E-state index is -0.0784. The van der Waals surface area contributed by atoms with Crippen molar-refractivity contribution in [2.75, 3.05) is 70.3 Å². The number of hydrogen-bond acceptors (Lipinski definition) is 5. The van der Waals surface area contributed by atoms with Crippen LogP contribution in [0.1, 0.15) is 11.6 Å². The van der Waals surface area contributed by atoms with E-state index >= 15 is 0 Å². The van der Waals surface area contributed by atoms with E-state index in [-0.39, 0.29) is 18.6 Å². The van der Waals surface area contributed by atoms with E-state index in [1.165, 1.54) is 16.9 Å². The van der Waals surface area contributed by atoms with Crippen molar-refractivity contribution in [3.8, 4) is 0 Å². The smallest absolute Gasteiger partial charge is 0.246 e. The molecule has 0 spiro atoms. The number of amides is 1. The highest BCUT2D eigenvalue weighted by Crippen LogP contribution is 2.25. The Bertz CT molecular complexity index is 756. The number of ether oxygens (including phenoxy) is 1. The molecule has 1 heterocycles. The van der Waals surface area contributed by atoms with Gasteiger partial charge in [-0.2, -0.15) is 0 Å². The molecule has 6 heteroatoms. The maximum Gasteiger partial charge on any atom is 0.246 e. The summed E-state index contributed by atoms with van der Waals surface area (Å²) in [4.78, 5) is 19.0. The number of methoxy groups -OCH3 is 1. The molecular formula is C23H32N4O2. The lowest BCUT2D eigenvalue weighted by molar-refractivity contribution is -0.125. The summed E-state index contributed by atoms with van der Waals surface area (Å²) in [5.74, 6) is -0.0784. The standard InChI is InChI=1S/C23H32N4O2/c1-25(2)20-11-9-19(10-12-20)22(17-24-23(28)18-29-3)27-15-13-26(14-16-27)21-7-5-4-6-8-21/h4-12,22H,13-18H2,1-3H3,(H,24,28)/t22-/m0/s1. The fraction of sp³-hybridized carbons (Fsp3) is 0.435. The summed E-state index contributed by atoms with van der Waals surface area (Å²) in [5.41, 5.74) is 3.67. The van der Waals surface area contributed by atoms with Gasteiger partial charge in [-0.15, -0.1) is 0 Å². The minimum absolute atomic E-state index is 0.0784. The molecular weight excluding hydrogens is 364 g/mol. The van der Waals surface area contributed by atoms with Gasteiger partial charge in [0.05, 0.1) is 6.04 Å². The molecule has 1 aliphatic heterocycles. The Morgan fingerprint density at radius 2 is 1.69 bits per heavy atom. The molecule has 0 aromatic heterocycles. The topological polar surface area (TPSA) is 48.1 Å². The Kier molecular flexibility index (Phi) is 7.49. The first kappa shape index (κ1) is 21.1. The van der Waals surface area contributed by atoms with E-state index in [4.69, 9.17) is 4.74 Å². The second-order valence-electron chi connectivity index (χ2n) is 7.60. The van der Waals surface area contributed by atoms with E-state index in [2.05, 4.69) is 74.6 Å². The number of nitrogens with zero attached hydrogens (tertiary/aromatic N) is 3. The van der Waals surface area contributed by atoms with E-state index in [9.17, 15) is 4.79 Å². The van der Waals surface area contributed by atoms with Crippen LogP contribution in [0.15, 0.2) is 54.6 Å². The fourth-order valence-electron chi connectivity index (χ4n) is 3.78. The van der Waals surface area contributed by atoms with Gasteiger partial charge in [-0.3, -0.25) is 9.69 Å². The molecule has 6 nitrogen and oxygen atoms in total. The van der Waals surface area contributed by atoms with E-state index in [1.807, 2.05) is 14.1 Å². The lowest BCUT2D eigenvalue weighted by Gasteiger charge is -2.40. The highest BCUT2D eigenvalue weighted by Gasteiger charge is 2.25. The molecule has 2 aromatic rings. The maximum atomic E-state index is 12.0. The molecule has 1 aliphatic rings. The van der Waals surface area contributed by atoms with Crippen molar-refractivity contribution < 1.29 is 9.53 Å². The number of para-hydroxylation sites is 1. The summed E-state index contributed by atoms with van der Waals surface area (Å²) in [7, 11) is 5.63. The van der Waals surface area contributed by atoms with Gasteiger partial charge in [-0.1, -0.05) is 30.3 Å². The number of nitrogens with one attached hydrogen (secondary N) is 1.